The summed E-state index contributed by atoms with van der Waals surface area (Å²) in [5.41, 5.74) is 14.4. The Morgan fingerprint density at radius 3 is 1.18 bits per heavy atom. The molecule has 0 N–H and O–H groups in total. The van der Waals surface area contributed by atoms with Gasteiger partial charge in [0, 0.05) is 35.6 Å². The largest absolute Gasteiger partial charge is 0.458 e. The number of ether oxygens (including phenoxy) is 4. The molecule has 0 unspecified atom stereocenters. The molecule has 0 saturated carbocycles. The molecule has 0 spiro atoms. The van der Waals surface area contributed by atoms with Crippen molar-refractivity contribution in [1.29, 1.82) is 15.8 Å². The molecule has 6 heterocycles. The van der Waals surface area contributed by atoms with Crippen LogP contribution in [0.3, 0.4) is 0 Å². The maximum Gasteiger partial charge on any atom is 0.260 e. The third-order valence-corrected chi connectivity index (χ3v) is 14.3. The van der Waals surface area contributed by atoms with E-state index in [0.29, 0.717) is 51.2 Å². The van der Waals surface area contributed by atoms with Crippen molar-refractivity contribution in [3.63, 3.8) is 0 Å². The molecule has 7 aromatic rings. The minimum absolute atomic E-state index is 0.212. The Hall–Kier alpha value is -7.30. The third kappa shape index (κ3) is 4.54. The van der Waals surface area contributed by atoms with Crippen LogP contribution in [0.1, 0.15) is 16.7 Å². The van der Waals surface area contributed by atoms with Crippen LogP contribution in [0.2, 0.25) is 0 Å². The van der Waals surface area contributed by atoms with Crippen molar-refractivity contribution in [3.8, 4) is 64.2 Å². The maximum atomic E-state index is 10.5. The Labute approximate surface area is 360 Å². The molecule has 6 aliphatic heterocycles. The number of hydrogen-bond donors (Lipinski definition) is 0. The summed E-state index contributed by atoms with van der Waals surface area (Å²) in [5.74, 6) is 5.34. The molecule has 0 aliphatic carbocycles. The van der Waals surface area contributed by atoms with Gasteiger partial charge in [-0.3, -0.25) is 8.61 Å². The Kier molecular flexibility index (Phi) is 7.01. The molecule has 61 heavy (non-hydrogen) atoms. The number of rotatable bonds is 2. The van der Waals surface area contributed by atoms with Gasteiger partial charge in [0.2, 0.25) is 0 Å². The zero-order valence-electron chi connectivity index (χ0n) is 32.3. The van der Waals surface area contributed by atoms with Gasteiger partial charge in [0.05, 0.1) is 57.6 Å². The van der Waals surface area contributed by atoms with Crippen LogP contribution in [0.15, 0.2) is 109 Å². The van der Waals surface area contributed by atoms with Crippen LogP contribution in [0.4, 0.5) is 22.7 Å². The monoisotopic (exact) mass is 819 g/mol. The van der Waals surface area contributed by atoms with E-state index in [2.05, 4.69) is 75.7 Å². The average Bonchev–Trinajstić information content (AvgIpc) is 3.29. The second-order valence-corrected chi connectivity index (χ2v) is 17.1. The van der Waals surface area contributed by atoms with Crippen LogP contribution in [-0.4, -0.2) is 32.6 Å². The molecule has 0 radical (unpaired) electrons. The lowest BCUT2D eigenvalue weighted by molar-refractivity contribution is 0.464. The second kappa shape index (κ2) is 12.4. The van der Waals surface area contributed by atoms with E-state index in [-0.39, 0.29) is 20.1 Å². The van der Waals surface area contributed by atoms with Crippen molar-refractivity contribution < 1.29 is 18.9 Å². The average molecular weight is 819 g/mol. The number of fused-ring (bicyclic) bond motifs is 12. The molecule has 0 saturated heterocycles. The van der Waals surface area contributed by atoms with Gasteiger partial charge in [-0.05, 0) is 111 Å². The molecule has 0 aromatic heterocycles. The Morgan fingerprint density at radius 2 is 0.770 bits per heavy atom. The van der Waals surface area contributed by atoms with E-state index in [1.165, 1.54) is 0 Å². The summed E-state index contributed by atoms with van der Waals surface area (Å²) in [7, 11) is 0. The fraction of sp³-hybridized carbons (Fsp3) is 0.0426. The van der Waals surface area contributed by atoms with Crippen molar-refractivity contribution >= 4 is 116 Å². The van der Waals surface area contributed by atoms with Crippen LogP contribution in [0, 0.1) is 34.0 Å². The first-order valence-corrected chi connectivity index (χ1v) is 22.0. The van der Waals surface area contributed by atoms with Crippen LogP contribution in [0.5, 0.6) is 46.0 Å². The van der Waals surface area contributed by atoms with E-state index >= 15 is 0 Å². The maximum absolute atomic E-state index is 10.5. The summed E-state index contributed by atoms with van der Waals surface area (Å²) in [4.78, 5) is 0. The topological polar surface area (TPSA) is 115 Å². The lowest BCUT2D eigenvalue weighted by atomic mass is 9.30. The van der Waals surface area contributed by atoms with Crippen molar-refractivity contribution in [3.05, 3.63) is 126 Å². The summed E-state index contributed by atoms with van der Waals surface area (Å²) in [6.45, 7) is -0.675. The molecule has 14 heteroatoms. The molecule has 13 rings (SSSR count). The summed E-state index contributed by atoms with van der Waals surface area (Å²) in [6, 6.07) is 43.3. The highest BCUT2D eigenvalue weighted by Crippen LogP contribution is 2.46. The SMILES string of the molecule is CSN1c2cc3c(cc2B2c4cc5c(cc4N(SC)c4cc(C#N)cc1c42)Oc1cc(C#N)cc2c1B5c1ccccc1O2)B1c2ccccc2Oc2cc(C#N)cc(c21)O3. The second-order valence-electron chi connectivity index (χ2n) is 15.7. The molecule has 282 valence electrons. The van der Waals surface area contributed by atoms with E-state index in [1.807, 2.05) is 48.5 Å². The zero-order chi connectivity index (χ0) is 40.8. The van der Waals surface area contributed by atoms with E-state index in [9.17, 15) is 15.8 Å². The molecule has 0 fully saturated rings. The summed E-state index contributed by atoms with van der Waals surface area (Å²) in [5, 5.41) is 30.5. The molecular weight excluding hydrogens is 795 g/mol. The highest BCUT2D eigenvalue weighted by molar-refractivity contribution is 8.00. The van der Waals surface area contributed by atoms with Crippen LogP contribution in [-0.2, 0) is 0 Å². The van der Waals surface area contributed by atoms with Gasteiger partial charge in [-0.25, -0.2) is 0 Å². The molecule has 0 atom stereocenters. The minimum atomic E-state index is -0.251. The summed E-state index contributed by atoms with van der Waals surface area (Å²) < 4.78 is 31.0. The first kappa shape index (κ1) is 34.6. The lowest BCUT2D eigenvalue weighted by Crippen LogP contribution is -2.65. The fourth-order valence-electron chi connectivity index (χ4n) is 10.4. The standard InChI is InChI=1S/C47H24B3N5O4S2/c1-60-54-33-19-39-31(48-27-7-3-5-9-37(27)56-41-13-25(22-52)15-43(58-39)46(41)48)17-29(33)50-30-18-32-40(20-34(30)55(61-2)36-12-24(21-51)11-35(54)45(36)50)59-44-16-26(23-53)14-42-47(44)49(32)28-8-4-6-10-38(28)57-42/h3-20H,1-2H3. The number of anilines is 4. The zero-order valence-corrected chi connectivity index (χ0v) is 33.9. The predicted octanol–water partition coefficient (Wildman–Crippen LogP) is 4.73. The number of nitriles is 3. The van der Waals surface area contributed by atoms with E-state index < -0.39 is 0 Å². The van der Waals surface area contributed by atoms with Gasteiger partial charge >= 0.3 is 0 Å². The van der Waals surface area contributed by atoms with E-state index in [0.717, 1.165) is 83.4 Å². The van der Waals surface area contributed by atoms with E-state index in [1.54, 1.807) is 48.2 Å². The minimum Gasteiger partial charge on any atom is -0.458 e. The first-order valence-electron chi connectivity index (χ1n) is 19.7. The van der Waals surface area contributed by atoms with Crippen molar-refractivity contribution in [2.45, 2.75) is 0 Å². The smallest absolute Gasteiger partial charge is 0.260 e. The predicted molar refractivity (Wildman–Crippen MR) is 245 cm³/mol. The highest BCUT2D eigenvalue weighted by atomic mass is 32.2. The van der Waals surface area contributed by atoms with Gasteiger partial charge in [-0.2, -0.15) is 15.8 Å². The van der Waals surface area contributed by atoms with Crippen molar-refractivity contribution in [2.75, 3.05) is 21.1 Å². The molecule has 9 nitrogen and oxygen atoms in total. The fourth-order valence-corrected chi connectivity index (χ4v) is 11.8. The quantitative estimate of drug-likeness (QED) is 0.178. The van der Waals surface area contributed by atoms with Crippen molar-refractivity contribution in [2.24, 2.45) is 0 Å². The number of para-hydroxylation sites is 2. The molecule has 6 aliphatic rings. The van der Waals surface area contributed by atoms with Crippen molar-refractivity contribution in [1.82, 2.24) is 0 Å². The van der Waals surface area contributed by atoms with Crippen LogP contribution >= 0.6 is 23.9 Å². The normalized spacial score (nSPS) is 14.2. The Bertz CT molecular complexity index is 3150. The number of benzene rings is 7. The molecule has 0 amide bonds. The van der Waals surface area contributed by atoms with Gasteiger partial charge < -0.3 is 18.9 Å². The van der Waals surface area contributed by atoms with Gasteiger partial charge in [0.25, 0.3) is 20.1 Å². The molecule has 7 aromatic carbocycles. The Morgan fingerprint density at radius 1 is 0.393 bits per heavy atom. The highest BCUT2D eigenvalue weighted by Gasteiger charge is 2.49. The van der Waals surface area contributed by atoms with Gasteiger partial charge in [0.15, 0.2) is 0 Å². The van der Waals surface area contributed by atoms with Crippen LogP contribution < -0.4 is 76.7 Å². The Balaban J connectivity index is 1.09. The van der Waals surface area contributed by atoms with Gasteiger partial charge in [-0.15, -0.1) is 0 Å². The summed E-state index contributed by atoms with van der Waals surface area (Å²) >= 11 is 3.17. The van der Waals surface area contributed by atoms with E-state index in [4.69, 9.17) is 18.9 Å². The van der Waals surface area contributed by atoms with Gasteiger partial charge in [0.1, 0.15) is 46.0 Å². The number of nitrogens with zero attached hydrogens (tertiary/aromatic N) is 5. The van der Waals surface area contributed by atoms with Crippen LogP contribution in [0.25, 0.3) is 0 Å². The molecule has 0 bridgehead atoms. The summed E-state index contributed by atoms with van der Waals surface area (Å²) in [6.07, 6.45) is 4.11. The first-order chi connectivity index (χ1) is 30.0. The molecular formula is C47H24B3N5O4S2. The lowest BCUT2D eigenvalue weighted by Gasteiger charge is -2.44. The third-order valence-electron chi connectivity index (χ3n) is 12.7. The van der Waals surface area contributed by atoms with Gasteiger partial charge in [-0.1, -0.05) is 48.5 Å². The number of hydrogen-bond acceptors (Lipinski definition) is 11.